The normalized spacial score (nSPS) is 27.0. The van der Waals surface area contributed by atoms with E-state index in [1.807, 2.05) is 0 Å². The van der Waals surface area contributed by atoms with E-state index >= 15 is 0 Å². The van der Waals surface area contributed by atoms with Gasteiger partial charge in [-0.3, -0.25) is 4.90 Å². The molecular weight excluding hydrogens is 184 g/mol. The van der Waals surface area contributed by atoms with E-state index < -0.39 is 0 Å². The maximum atomic E-state index is 3.40. The lowest BCUT2D eigenvalue weighted by Crippen LogP contribution is -2.42. The molecule has 2 heteroatoms. The Balaban J connectivity index is 2.37. The zero-order valence-electron chi connectivity index (χ0n) is 10.2. The van der Waals surface area contributed by atoms with Gasteiger partial charge >= 0.3 is 0 Å². The third-order valence-corrected chi connectivity index (χ3v) is 3.74. The minimum atomic E-state index is 0.588. The van der Waals surface area contributed by atoms with Crippen molar-refractivity contribution in [2.45, 2.75) is 45.7 Å². The molecule has 15 heavy (non-hydrogen) atoms. The van der Waals surface area contributed by atoms with Gasteiger partial charge in [0.1, 0.15) is 0 Å². The van der Waals surface area contributed by atoms with Crippen LogP contribution in [0.5, 0.6) is 0 Å². The van der Waals surface area contributed by atoms with Crippen molar-refractivity contribution in [3.8, 4) is 0 Å². The predicted molar refractivity (Wildman–Crippen MR) is 63.9 cm³/mol. The molecule has 2 heterocycles. The molecule has 2 nitrogen and oxygen atoms in total. The highest BCUT2D eigenvalue weighted by Crippen LogP contribution is 2.36. The van der Waals surface area contributed by atoms with E-state index in [4.69, 9.17) is 0 Å². The molecule has 1 aliphatic heterocycles. The topological polar surface area (TPSA) is 19.0 Å². The lowest BCUT2D eigenvalue weighted by atomic mass is 9.87. The van der Waals surface area contributed by atoms with E-state index in [0.29, 0.717) is 18.0 Å². The molecule has 1 N–H and O–H groups in total. The van der Waals surface area contributed by atoms with E-state index in [2.05, 4.69) is 50.0 Å². The summed E-state index contributed by atoms with van der Waals surface area (Å²) in [5, 5.41) is 0. The van der Waals surface area contributed by atoms with Crippen LogP contribution in [-0.2, 0) is 6.42 Å². The Labute approximate surface area is 92.7 Å². The smallest absolute Gasteiger partial charge is 0.0388 e. The quantitative estimate of drug-likeness (QED) is 0.788. The number of hydrogen-bond acceptors (Lipinski definition) is 1. The van der Waals surface area contributed by atoms with Gasteiger partial charge in [0.2, 0.25) is 0 Å². The van der Waals surface area contributed by atoms with Gasteiger partial charge < -0.3 is 4.98 Å². The Bertz CT molecular complexity index is 327. The first kappa shape index (κ1) is 10.7. The summed E-state index contributed by atoms with van der Waals surface area (Å²) in [4.78, 5) is 5.96. The van der Waals surface area contributed by atoms with Crippen molar-refractivity contribution in [3.05, 3.63) is 23.5 Å². The Morgan fingerprint density at radius 2 is 2.27 bits per heavy atom. The van der Waals surface area contributed by atoms with Gasteiger partial charge in [-0.25, -0.2) is 0 Å². The molecule has 0 amide bonds. The third-order valence-electron chi connectivity index (χ3n) is 3.74. The Kier molecular flexibility index (Phi) is 2.87. The fourth-order valence-electron chi connectivity index (χ4n) is 2.96. The van der Waals surface area contributed by atoms with E-state index in [1.165, 1.54) is 24.1 Å². The Hall–Kier alpha value is -0.760. The molecule has 2 atom stereocenters. The molecule has 0 bridgehead atoms. The molecule has 0 unspecified atom stereocenters. The summed E-state index contributed by atoms with van der Waals surface area (Å²) in [7, 11) is 2.27. The number of aromatic nitrogens is 1. The van der Waals surface area contributed by atoms with Crippen LogP contribution in [0.25, 0.3) is 0 Å². The van der Waals surface area contributed by atoms with Crippen LogP contribution in [0.15, 0.2) is 12.3 Å². The summed E-state index contributed by atoms with van der Waals surface area (Å²) in [6.45, 7) is 6.92. The first-order chi connectivity index (χ1) is 7.15. The van der Waals surface area contributed by atoms with Crippen molar-refractivity contribution in [1.82, 2.24) is 9.88 Å². The second kappa shape index (κ2) is 4.01. The second-order valence-electron chi connectivity index (χ2n) is 5.03. The van der Waals surface area contributed by atoms with Crippen LogP contribution in [0.4, 0.5) is 0 Å². The van der Waals surface area contributed by atoms with Crippen molar-refractivity contribution in [3.63, 3.8) is 0 Å². The van der Waals surface area contributed by atoms with Gasteiger partial charge in [-0.15, -0.1) is 0 Å². The fraction of sp³-hybridized carbons (Fsp3) is 0.692. The molecule has 0 aliphatic carbocycles. The van der Waals surface area contributed by atoms with Crippen LogP contribution in [0.1, 0.15) is 44.5 Å². The highest BCUT2D eigenvalue weighted by molar-refractivity contribution is 5.28. The first-order valence-electron chi connectivity index (χ1n) is 6.03. The van der Waals surface area contributed by atoms with Gasteiger partial charge in [-0.2, -0.15) is 0 Å². The molecule has 2 rings (SSSR count). The largest absolute Gasteiger partial charge is 0.365 e. The lowest BCUT2D eigenvalue weighted by molar-refractivity contribution is 0.115. The summed E-state index contributed by atoms with van der Waals surface area (Å²) >= 11 is 0. The van der Waals surface area contributed by atoms with Crippen LogP contribution in [0.3, 0.4) is 0 Å². The summed E-state index contributed by atoms with van der Waals surface area (Å²) < 4.78 is 0. The van der Waals surface area contributed by atoms with Crippen LogP contribution >= 0.6 is 0 Å². The Morgan fingerprint density at radius 3 is 2.87 bits per heavy atom. The average Bonchev–Trinajstić information content (AvgIpc) is 2.63. The van der Waals surface area contributed by atoms with Crippen molar-refractivity contribution < 1.29 is 0 Å². The van der Waals surface area contributed by atoms with Gasteiger partial charge in [0.15, 0.2) is 0 Å². The monoisotopic (exact) mass is 206 g/mol. The van der Waals surface area contributed by atoms with Crippen molar-refractivity contribution in [2.75, 3.05) is 7.05 Å². The lowest BCUT2D eigenvalue weighted by Gasteiger charge is -2.41. The van der Waals surface area contributed by atoms with Crippen LogP contribution in [0, 0.1) is 5.92 Å². The molecular formula is C13H22N2. The number of likely N-dealkylation sites (N-methyl/N-ethyl adjacent to an activating group) is 1. The van der Waals surface area contributed by atoms with Crippen molar-refractivity contribution >= 4 is 0 Å². The summed E-state index contributed by atoms with van der Waals surface area (Å²) in [6, 6.07) is 3.54. The molecule has 0 aromatic carbocycles. The molecule has 1 aromatic heterocycles. The molecule has 1 aromatic rings. The molecule has 0 radical (unpaired) electrons. The fourth-order valence-corrected chi connectivity index (χ4v) is 2.96. The first-order valence-corrected chi connectivity index (χ1v) is 6.03. The van der Waals surface area contributed by atoms with E-state index in [1.54, 1.807) is 0 Å². The minimum Gasteiger partial charge on any atom is -0.365 e. The van der Waals surface area contributed by atoms with Crippen molar-refractivity contribution in [1.29, 1.82) is 0 Å². The summed E-state index contributed by atoms with van der Waals surface area (Å²) in [6.07, 6.45) is 4.50. The standard InChI is InChI=1S/C13H22N2/c1-5-10-8-12-11(6-7-14-12)13(9(2)3)15(10)4/h6-7,9-10,13-14H,5,8H2,1-4H3/t10-,13+/m0/s1. The summed E-state index contributed by atoms with van der Waals surface area (Å²) in [5.41, 5.74) is 2.97. The third kappa shape index (κ3) is 1.71. The minimum absolute atomic E-state index is 0.588. The molecule has 84 valence electrons. The maximum Gasteiger partial charge on any atom is 0.0388 e. The molecule has 0 saturated carbocycles. The number of rotatable bonds is 2. The van der Waals surface area contributed by atoms with Gasteiger partial charge in [-0.1, -0.05) is 20.8 Å². The second-order valence-corrected chi connectivity index (χ2v) is 5.03. The zero-order chi connectivity index (χ0) is 11.0. The maximum absolute atomic E-state index is 3.40. The van der Waals surface area contributed by atoms with E-state index in [0.717, 1.165) is 0 Å². The van der Waals surface area contributed by atoms with Crippen LogP contribution in [-0.4, -0.2) is 23.0 Å². The highest BCUT2D eigenvalue weighted by atomic mass is 15.2. The molecule has 0 spiro atoms. The van der Waals surface area contributed by atoms with Gasteiger partial charge in [0, 0.05) is 30.4 Å². The SMILES string of the molecule is CC[C@H]1Cc2[nH]ccc2[C@@H](C(C)C)N1C. The predicted octanol–water partition coefficient (Wildman–Crippen LogP) is 2.98. The number of H-pyrrole nitrogens is 1. The van der Waals surface area contributed by atoms with E-state index in [-0.39, 0.29) is 0 Å². The number of fused-ring (bicyclic) bond motifs is 1. The molecule has 1 aliphatic rings. The van der Waals surface area contributed by atoms with Gasteiger partial charge in [0.25, 0.3) is 0 Å². The van der Waals surface area contributed by atoms with Crippen LogP contribution < -0.4 is 0 Å². The zero-order valence-corrected chi connectivity index (χ0v) is 10.2. The van der Waals surface area contributed by atoms with Gasteiger partial charge in [-0.05, 0) is 31.0 Å². The molecule has 0 fully saturated rings. The van der Waals surface area contributed by atoms with Gasteiger partial charge in [0.05, 0.1) is 0 Å². The summed E-state index contributed by atoms with van der Waals surface area (Å²) in [5.74, 6) is 0.680. The molecule has 0 saturated heterocycles. The number of hydrogen-bond donors (Lipinski definition) is 1. The number of aromatic amines is 1. The van der Waals surface area contributed by atoms with Crippen LogP contribution in [0.2, 0.25) is 0 Å². The average molecular weight is 206 g/mol. The van der Waals surface area contributed by atoms with Crippen molar-refractivity contribution in [2.24, 2.45) is 5.92 Å². The highest BCUT2D eigenvalue weighted by Gasteiger charge is 2.33. The Morgan fingerprint density at radius 1 is 1.53 bits per heavy atom. The number of nitrogens with zero attached hydrogens (tertiary/aromatic N) is 1. The number of nitrogens with one attached hydrogen (secondary N) is 1. The van der Waals surface area contributed by atoms with E-state index in [9.17, 15) is 0 Å².